The number of nitrogens with one attached hydrogen (secondary N) is 1. The summed E-state index contributed by atoms with van der Waals surface area (Å²) in [4.78, 5) is 31.3. The Labute approximate surface area is 146 Å². The third-order valence-corrected chi connectivity index (χ3v) is 5.19. The van der Waals surface area contributed by atoms with E-state index in [-0.39, 0.29) is 17.7 Å². The van der Waals surface area contributed by atoms with Gasteiger partial charge < -0.3 is 10.2 Å². The zero-order chi connectivity index (χ0) is 16.2. The normalized spacial score (nSPS) is 15.4. The van der Waals surface area contributed by atoms with E-state index in [1.165, 1.54) is 11.3 Å². The van der Waals surface area contributed by atoms with Gasteiger partial charge in [-0.05, 0) is 52.4 Å². The number of amides is 2. The van der Waals surface area contributed by atoms with Gasteiger partial charge in [0, 0.05) is 29.7 Å². The summed E-state index contributed by atoms with van der Waals surface area (Å²) in [5.74, 6) is 0.514. The van der Waals surface area contributed by atoms with Gasteiger partial charge in [-0.25, -0.2) is 4.98 Å². The van der Waals surface area contributed by atoms with Crippen LogP contribution in [0.3, 0.4) is 0 Å². The van der Waals surface area contributed by atoms with Gasteiger partial charge in [0.05, 0.1) is 4.88 Å². The van der Waals surface area contributed by atoms with Gasteiger partial charge in [0.1, 0.15) is 5.82 Å². The Kier molecular flexibility index (Phi) is 5.07. The number of piperidine rings is 1. The van der Waals surface area contributed by atoms with E-state index in [2.05, 4.69) is 26.2 Å². The number of nitrogens with zero attached hydrogens (tertiary/aromatic N) is 2. The molecule has 0 unspecified atom stereocenters. The Balaban J connectivity index is 1.53. The first-order valence-electron chi connectivity index (χ1n) is 7.38. The number of rotatable bonds is 3. The molecule has 1 fully saturated rings. The molecule has 1 saturated heterocycles. The van der Waals surface area contributed by atoms with Gasteiger partial charge in [-0.15, -0.1) is 11.3 Å². The lowest BCUT2D eigenvalue weighted by Gasteiger charge is -2.31. The lowest BCUT2D eigenvalue weighted by Crippen LogP contribution is -2.41. The van der Waals surface area contributed by atoms with Gasteiger partial charge in [-0.2, -0.15) is 0 Å². The third-order valence-electron chi connectivity index (χ3n) is 3.86. The molecule has 0 radical (unpaired) electrons. The van der Waals surface area contributed by atoms with Gasteiger partial charge in [0.15, 0.2) is 0 Å². The Hall–Kier alpha value is -1.73. The Bertz CT molecular complexity index is 680. The average Bonchev–Trinajstić information content (AvgIpc) is 3.11. The van der Waals surface area contributed by atoms with Crippen LogP contribution in [0.25, 0.3) is 0 Å². The largest absolute Gasteiger partial charge is 0.338 e. The fourth-order valence-electron chi connectivity index (χ4n) is 2.58. The van der Waals surface area contributed by atoms with E-state index in [0.29, 0.717) is 31.7 Å². The number of hydrogen-bond donors (Lipinski definition) is 1. The second-order valence-electron chi connectivity index (χ2n) is 5.39. The summed E-state index contributed by atoms with van der Waals surface area (Å²) in [5.41, 5.74) is 0. The van der Waals surface area contributed by atoms with Crippen LogP contribution in [0, 0.1) is 5.92 Å². The summed E-state index contributed by atoms with van der Waals surface area (Å²) >= 11 is 4.76. The topological polar surface area (TPSA) is 62.3 Å². The number of thiophene rings is 1. The lowest BCUT2D eigenvalue weighted by molar-refractivity contribution is -0.121. The van der Waals surface area contributed by atoms with Crippen LogP contribution in [-0.4, -0.2) is 34.8 Å². The van der Waals surface area contributed by atoms with E-state index >= 15 is 0 Å². The molecule has 1 N–H and O–H groups in total. The summed E-state index contributed by atoms with van der Waals surface area (Å²) in [5, 5.41) is 4.74. The fourth-order valence-corrected chi connectivity index (χ4v) is 3.50. The zero-order valence-electron chi connectivity index (χ0n) is 12.4. The van der Waals surface area contributed by atoms with Gasteiger partial charge >= 0.3 is 0 Å². The highest BCUT2D eigenvalue weighted by atomic mass is 79.9. The van der Waals surface area contributed by atoms with Crippen molar-refractivity contribution in [1.29, 1.82) is 0 Å². The minimum Gasteiger partial charge on any atom is -0.338 e. The van der Waals surface area contributed by atoms with E-state index in [0.717, 1.165) is 9.35 Å². The van der Waals surface area contributed by atoms with Crippen molar-refractivity contribution in [3.63, 3.8) is 0 Å². The number of carbonyl (C=O) groups is 2. The van der Waals surface area contributed by atoms with E-state index in [9.17, 15) is 9.59 Å². The highest BCUT2D eigenvalue weighted by Crippen LogP contribution is 2.22. The number of aromatic nitrogens is 1. The van der Waals surface area contributed by atoms with Crippen LogP contribution in [0.5, 0.6) is 0 Å². The third kappa shape index (κ3) is 3.97. The highest BCUT2D eigenvalue weighted by molar-refractivity contribution is 9.10. The molecule has 5 nitrogen and oxygen atoms in total. The van der Waals surface area contributed by atoms with E-state index in [1.54, 1.807) is 12.3 Å². The molecule has 1 aliphatic heterocycles. The summed E-state index contributed by atoms with van der Waals surface area (Å²) in [6, 6.07) is 7.32. The second kappa shape index (κ2) is 7.23. The fraction of sp³-hybridized carbons (Fsp3) is 0.312. The van der Waals surface area contributed by atoms with E-state index in [1.807, 2.05) is 28.5 Å². The molecule has 120 valence electrons. The summed E-state index contributed by atoms with van der Waals surface area (Å²) < 4.78 is 0.871. The quantitative estimate of drug-likeness (QED) is 0.868. The minimum absolute atomic E-state index is 0.0250. The number of anilines is 1. The zero-order valence-corrected chi connectivity index (χ0v) is 14.8. The molecule has 0 aliphatic carbocycles. The maximum atomic E-state index is 12.3. The van der Waals surface area contributed by atoms with Crippen molar-refractivity contribution in [3.8, 4) is 0 Å². The van der Waals surface area contributed by atoms with Crippen LogP contribution in [0.15, 0.2) is 40.3 Å². The summed E-state index contributed by atoms with van der Waals surface area (Å²) in [6.07, 6.45) is 3.01. The number of likely N-dealkylation sites (tertiary alicyclic amines) is 1. The van der Waals surface area contributed by atoms with Crippen molar-refractivity contribution in [2.45, 2.75) is 12.8 Å². The van der Waals surface area contributed by atoms with Gasteiger partial charge in [0.2, 0.25) is 5.91 Å². The summed E-state index contributed by atoms with van der Waals surface area (Å²) in [6.45, 7) is 1.23. The molecule has 0 saturated carbocycles. The average molecular weight is 394 g/mol. The molecule has 0 spiro atoms. The van der Waals surface area contributed by atoms with Crippen molar-refractivity contribution in [1.82, 2.24) is 9.88 Å². The molecule has 0 atom stereocenters. The number of halogens is 1. The Morgan fingerprint density at radius 2 is 2.04 bits per heavy atom. The van der Waals surface area contributed by atoms with Gasteiger partial charge in [0.25, 0.3) is 5.91 Å². The van der Waals surface area contributed by atoms with Crippen LogP contribution in [0.1, 0.15) is 22.5 Å². The number of pyridine rings is 1. The molecule has 7 heteroatoms. The van der Waals surface area contributed by atoms with Crippen molar-refractivity contribution < 1.29 is 9.59 Å². The van der Waals surface area contributed by atoms with Crippen molar-refractivity contribution in [2.24, 2.45) is 5.92 Å². The van der Waals surface area contributed by atoms with Crippen LogP contribution in [0.2, 0.25) is 0 Å². The lowest BCUT2D eigenvalue weighted by atomic mass is 9.96. The Morgan fingerprint density at radius 3 is 2.65 bits per heavy atom. The number of carbonyl (C=O) groups excluding carboxylic acids is 2. The molecule has 1 aliphatic rings. The van der Waals surface area contributed by atoms with Crippen LogP contribution in [0.4, 0.5) is 5.82 Å². The van der Waals surface area contributed by atoms with E-state index in [4.69, 9.17) is 0 Å². The van der Waals surface area contributed by atoms with Crippen LogP contribution >= 0.6 is 27.3 Å². The molecule has 0 bridgehead atoms. The van der Waals surface area contributed by atoms with Crippen LogP contribution in [-0.2, 0) is 4.79 Å². The SMILES string of the molecule is O=C(Nc1ccc(Br)cn1)C1CCN(C(=O)c2cccs2)CC1. The van der Waals surface area contributed by atoms with Crippen molar-refractivity contribution in [2.75, 3.05) is 18.4 Å². The molecule has 23 heavy (non-hydrogen) atoms. The van der Waals surface area contributed by atoms with Crippen molar-refractivity contribution >= 4 is 44.9 Å². The van der Waals surface area contributed by atoms with Gasteiger partial charge in [-0.1, -0.05) is 6.07 Å². The van der Waals surface area contributed by atoms with Crippen LogP contribution < -0.4 is 5.32 Å². The van der Waals surface area contributed by atoms with Crippen molar-refractivity contribution in [3.05, 3.63) is 45.2 Å². The standard InChI is InChI=1S/C16H16BrN3O2S/c17-12-3-4-14(18-10-12)19-15(21)11-5-7-20(8-6-11)16(22)13-2-1-9-23-13/h1-4,9-11H,5-8H2,(H,18,19,21). The molecule has 2 amide bonds. The molecule has 3 rings (SSSR count). The second-order valence-corrected chi connectivity index (χ2v) is 7.26. The maximum absolute atomic E-state index is 12.3. The number of hydrogen-bond acceptors (Lipinski definition) is 4. The monoisotopic (exact) mass is 393 g/mol. The predicted octanol–water partition coefficient (Wildman–Crippen LogP) is 3.40. The minimum atomic E-state index is -0.0761. The maximum Gasteiger partial charge on any atom is 0.263 e. The molecule has 2 aromatic rings. The molecular weight excluding hydrogens is 378 g/mol. The predicted molar refractivity (Wildman–Crippen MR) is 93.5 cm³/mol. The first kappa shape index (κ1) is 16.1. The first-order valence-corrected chi connectivity index (χ1v) is 9.06. The van der Waals surface area contributed by atoms with Gasteiger partial charge in [-0.3, -0.25) is 9.59 Å². The molecule has 0 aromatic carbocycles. The van der Waals surface area contributed by atoms with E-state index < -0.39 is 0 Å². The molecular formula is C16H16BrN3O2S. The molecule has 3 heterocycles. The molecule has 2 aromatic heterocycles. The first-order chi connectivity index (χ1) is 11.1. The smallest absolute Gasteiger partial charge is 0.263 e. The summed E-state index contributed by atoms with van der Waals surface area (Å²) in [7, 11) is 0. The highest BCUT2D eigenvalue weighted by Gasteiger charge is 2.28. The Morgan fingerprint density at radius 1 is 1.26 bits per heavy atom.